The van der Waals surface area contributed by atoms with Crippen LogP contribution in [0.4, 0.5) is 19.3 Å². The molecule has 9 heteroatoms. The predicted octanol–water partition coefficient (Wildman–Crippen LogP) is 5.73. The monoisotopic (exact) mass is 474 g/mol. The van der Waals surface area contributed by atoms with Crippen molar-refractivity contribution >= 4 is 17.3 Å². The molecule has 1 aliphatic heterocycles. The Hall–Kier alpha value is -4.53. The van der Waals surface area contributed by atoms with Crippen molar-refractivity contribution in [3.63, 3.8) is 0 Å². The van der Waals surface area contributed by atoms with Crippen LogP contribution in [0.5, 0.6) is 5.75 Å². The number of ether oxygens (including phenoxy) is 1. The van der Waals surface area contributed by atoms with E-state index in [1.807, 2.05) is 0 Å². The average Bonchev–Trinajstić information content (AvgIpc) is 3.34. The van der Waals surface area contributed by atoms with Gasteiger partial charge < -0.3 is 14.6 Å². The van der Waals surface area contributed by atoms with E-state index in [0.717, 1.165) is 0 Å². The second-order valence-corrected chi connectivity index (χ2v) is 7.90. The number of urea groups is 1. The number of anilines is 1. The Morgan fingerprint density at radius 1 is 1.00 bits per heavy atom. The molecule has 3 aromatic carbocycles. The summed E-state index contributed by atoms with van der Waals surface area (Å²) in [5.41, 5.74) is 2.71. The molecule has 4 aromatic rings. The number of hydrogen-bond donors (Lipinski definition) is 1. The van der Waals surface area contributed by atoms with Crippen molar-refractivity contribution in [1.29, 1.82) is 0 Å². The van der Waals surface area contributed by atoms with E-state index in [0.29, 0.717) is 33.8 Å². The highest BCUT2D eigenvalue weighted by atomic mass is 19.1. The zero-order chi connectivity index (χ0) is 24.5. The number of nitrogens with one attached hydrogen (secondary N) is 1. The Bertz CT molecular complexity index is 1420. The Labute approximate surface area is 199 Å². The molecule has 35 heavy (non-hydrogen) atoms. The minimum atomic E-state index is -0.741. The van der Waals surface area contributed by atoms with Gasteiger partial charge in [-0.15, -0.1) is 0 Å². The first-order valence-electron chi connectivity index (χ1n) is 10.8. The number of methoxy groups -OCH3 is 1. The van der Waals surface area contributed by atoms with Gasteiger partial charge in [0.15, 0.2) is 0 Å². The molecule has 2 heterocycles. The number of rotatable bonds is 5. The molecule has 176 valence electrons. The number of benzene rings is 3. The summed E-state index contributed by atoms with van der Waals surface area (Å²) >= 11 is 0. The number of halogens is 2. The lowest BCUT2D eigenvalue weighted by atomic mass is 9.94. The molecule has 0 saturated carbocycles. The summed E-state index contributed by atoms with van der Waals surface area (Å²) in [7, 11) is 1.56. The summed E-state index contributed by atoms with van der Waals surface area (Å²) in [4.78, 5) is 19.2. The van der Waals surface area contributed by atoms with Gasteiger partial charge in [-0.1, -0.05) is 17.3 Å². The number of carbonyl (C=O) groups excluding carboxylic acids is 1. The number of nitrogens with zero attached hydrogens (tertiary/aromatic N) is 3. The lowest BCUT2D eigenvalue weighted by Crippen LogP contribution is -2.46. The van der Waals surface area contributed by atoms with Crippen LogP contribution in [0.2, 0.25) is 0 Å². The quantitative estimate of drug-likeness (QED) is 0.400. The number of aromatic nitrogens is 2. The largest absolute Gasteiger partial charge is 0.497 e. The van der Waals surface area contributed by atoms with Crippen LogP contribution in [0.3, 0.4) is 0 Å². The normalized spacial score (nSPS) is 15.8. The van der Waals surface area contributed by atoms with E-state index in [2.05, 4.69) is 15.5 Å². The Morgan fingerprint density at radius 3 is 2.43 bits per heavy atom. The minimum Gasteiger partial charge on any atom is -0.497 e. The standard InChI is InChI=1S/C26H20F2N4O3/c1-15-22(25-30-24(31-35-25)16-6-8-18(27)9-7-16)23(17-4-3-5-19(28)14-17)29-26(33)32(15)20-10-12-21(34-2)13-11-20/h3-14,23H,1-2H3,(H,29,33). The maximum atomic E-state index is 14.1. The molecule has 0 spiro atoms. The molecule has 1 aromatic heterocycles. The van der Waals surface area contributed by atoms with E-state index in [4.69, 9.17) is 9.26 Å². The predicted molar refractivity (Wildman–Crippen MR) is 125 cm³/mol. The van der Waals surface area contributed by atoms with Gasteiger partial charge in [-0.3, -0.25) is 4.90 Å². The van der Waals surface area contributed by atoms with Crippen molar-refractivity contribution in [2.45, 2.75) is 13.0 Å². The third kappa shape index (κ3) is 4.23. The fraction of sp³-hybridized carbons (Fsp3) is 0.115. The summed E-state index contributed by atoms with van der Waals surface area (Å²) in [6.45, 7) is 1.76. The van der Waals surface area contributed by atoms with Crippen molar-refractivity contribution in [3.8, 4) is 17.1 Å². The van der Waals surface area contributed by atoms with Crippen LogP contribution >= 0.6 is 0 Å². The lowest BCUT2D eigenvalue weighted by Gasteiger charge is -2.35. The second-order valence-electron chi connectivity index (χ2n) is 7.90. The van der Waals surface area contributed by atoms with E-state index in [1.54, 1.807) is 62.6 Å². The second kappa shape index (κ2) is 9.02. The summed E-state index contributed by atoms with van der Waals surface area (Å²) in [5, 5.41) is 6.97. The van der Waals surface area contributed by atoms with Gasteiger partial charge in [0, 0.05) is 11.3 Å². The fourth-order valence-corrected chi connectivity index (χ4v) is 4.05. The van der Waals surface area contributed by atoms with Crippen LogP contribution < -0.4 is 15.0 Å². The Balaban J connectivity index is 1.64. The molecule has 0 radical (unpaired) electrons. The van der Waals surface area contributed by atoms with E-state index in [1.165, 1.54) is 29.2 Å². The van der Waals surface area contributed by atoms with Crippen LogP contribution in [0.25, 0.3) is 17.0 Å². The maximum Gasteiger partial charge on any atom is 0.326 e. The van der Waals surface area contributed by atoms with Crippen molar-refractivity contribution in [1.82, 2.24) is 15.5 Å². The van der Waals surface area contributed by atoms with E-state index in [9.17, 15) is 13.6 Å². The molecule has 1 atom stereocenters. The Kier molecular flexibility index (Phi) is 5.74. The summed E-state index contributed by atoms with van der Waals surface area (Å²) in [6.07, 6.45) is 0. The highest BCUT2D eigenvalue weighted by Crippen LogP contribution is 2.39. The molecule has 0 aliphatic carbocycles. The number of carbonyl (C=O) groups is 1. The third-order valence-electron chi connectivity index (χ3n) is 5.76. The van der Waals surface area contributed by atoms with Gasteiger partial charge in [0.1, 0.15) is 17.4 Å². The van der Waals surface area contributed by atoms with Crippen molar-refractivity contribution in [2.24, 2.45) is 0 Å². The molecular weight excluding hydrogens is 454 g/mol. The molecule has 7 nitrogen and oxygen atoms in total. The van der Waals surface area contributed by atoms with Gasteiger partial charge in [-0.25, -0.2) is 13.6 Å². The first-order valence-corrected chi connectivity index (χ1v) is 10.8. The van der Waals surface area contributed by atoms with Crippen LogP contribution in [0, 0.1) is 11.6 Å². The zero-order valence-corrected chi connectivity index (χ0v) is 18.8. The van der Waals surface area contributed by atoms with Crippen LogP contribution in [-0.4, -0.2) is 23.3 Å². The molecule has 1 unspecified atom stereocenters. The van der Waals surface area contributed by atoms with Crippen LogP contribution in [0.1, 0.15) is 24.4 Å². The summed E-state index contributed by atoms with van der Waals surface area (Å²) in [6, 6.07) is 17.5. The molecule has 2 amide bonds. The molecule has 1 aliphatic rings. The maximum absolute atomic E-state index is 14.1. The number of hydrogen-bond acceptors (Lipinski definition) is 5. The average molecular weight is 474 g/mol. The highest BCUT2D eigenvalue weighted by Gasteiger charge is 2.36. The van der Waals surface area contributed by atoms with E-state index < -0.39 is 17.9 Å². The number of allylic oxidation sites excluding steroid dienone is 1. The van der Waals surface area contributed by atoms with Gasteiger partial charge in [0.2, 0.25) is 5.82 Å². The third-order valence-corrected chi connectivity index (χ3v) is 5.76. The lowest BCUT2D eigenvalue weighted by molar-refractivity contribution is 0.244. The molecule has 0 bridgehead atoms. The van der Waals surface area contributed by atoms with Gasteiger partial charge in [0.05, 0.1) is 24.4 Å². The van der Waals surface area contributed by atoms with Crippen molar-refractivity contribution in [2.75, 3.05) is 12.0 Å². The zero-order valence-electron chi connectivity index (χ0n) is 18.8. The van der Waals surface area contributed by atoms with Crippen molar-refractivity contribution < 1.29 is 22.8 Å². The van der Waals surface area contributed by atoms with Crippen LogP contribution in [0.15, 0.2) is 83.0 Å². The van der Waals surface area contributed by atoms with Gasteiger partial charge in [-0.2, -0.15) is 4.98 Å². The topological polar surface area (TPSA) is 80.5 Å². The van der Waals surface area contributed by atoms with E-state index >= 15 is 0 Å². The molecule has 5 rings (SSSR count). The molecule has 1 N–H and O–H groups in total. The van der Waals surface area contributed by atoms with Crippen molar-refractivity contribution in [3.05, 3.63) is 102 Å². The van der Waals surface area contributed by atoms with Gasteiger partial charge in [0.25, 0.3) is 5.89 Å². The number of amides is 2. The van der Waals surface area contributed by atoms with Gasteiger partial charge >= 0.3 is 6.03 Å². The molecule has 0 fully saturated rings. The van der Waals surface area contributed by atoms with E-state index in [-0.39, 0.29) is 17.5 Å². The first-order chi connectivity index (χ1) is 16.9. The fourth-order valence-electron chi connectivity index (χ4n) is 4.05. The minimum absolute atomic E-state index is 0.148. The molecular formula is C26H20F2N4O3. The van der Waals surface area contributed by atoms with Crippen LogP contribution in [-0.2, 0) is 0 Å². The smallest absolute Gasteiger partial charge is 0.326 e. The van der Waals surface area contributed by atoms with Gasteiger partial charge in [-0.05, 0) is 73.2 Å². The molecule has 0 saturated heterocycles. The SMILES string of the molecule is COc1ccc(N2C(=O)NC(c3cccc(F)c3)C(c3nc(-c4ccc(F)cc4)no3)=C2C)cc1. The Morgan fingerprint density at radius 2 is 1.74 bits per heavy atom. The summed E-state index contributed by atoms with van der Waals surface area (Å²) in [5.74, 6) is 0.225. The highest BCUT2D eigenvalue weighted by molar-refractivity contribution is 6.01. The first kappa shape index (κ1) is 22.3. The summed E-state index contributed by atoms with van der Waals surface area (Å²) < 4.78 is 38.2.